The standard InChI is InChI=1S/C19H23N3O3S/c1-2-22(11-13-12-24-15-8-4-5-9-16(15)25-13)19(23)21-18-20-14-7-3-6-10-17(14)26-18/h4-5,8-9,13H,2-3,6-7,10-12H2,1H3,(H,20,21,23). The Morgan fingerprint density at radius 1 is 1.31 bits per heavy atom. The van der Waals surface area contributed by atoms with Gasteiger partial charge in [0.05, 0.1) is 12.2 Å². The van der Waals surface area contributed by atoms with Crippen LogP contribution in [0.1, 0.15) is 30.3 Å². The lowest BCUT2D eigenvalue weighted by atomic mass is 10.0. The van der Waals surface area contributed by atoms with Gasteiger partial charge in [-0.15, -0.1) is 11.3 Å². The quantitative estimate of drug-likeness (QED) is 0.887. The van der Waals surface area contributed by atoms with E-state index in [1.807, 2.05) is 31.2 Å². The Kier molecular flexibility index (Phi) is 4.97. The molecular formula is C19H23N3O3S. The number of hydrogen-bond acceptors (Lipinski definition) is 5. The maximum Gasteiger partial charge on any atom is 0.323 e. The van der Waals surface area contributed by atoms with Gasteiger partial charge in [0.1, 0.15) is 6.61 Å². The van der Waals surface area contributed by atoms with Crippen LogP contribution in [0, 0.1) is 0 Å². The molecular weight excluding hydrogens is 350 g/mol. The van der Waals surface area contributed by atoms with Crippen LogP contribution in [0.5, 0.6) is 11.5 Å². The van der Waals surface area contributed by atoms with Crippen molar-refractivity contribution in [3.63, 3.8) is 0 Å². The Labute approximate surface area is 157 Å². The van der Waals surface area contributed by atoms with Gasteiger partial charge in [0.2, 0.25) is 0 Å². The molecule has 2 amide bonds. The number of ether oxygens (including phenoxy) is 2. The molecule has 1 aromatic heterocycles. The molecule has 0 bridgehead atoms. The third-order valence-corrected chi connectivity index (χ3v) is 5.79. The van der Waals surface area contributed by atoms with Crippen LogP contribution in [0.4, 0.5) is 9.93 Å². The number of urea groups is 1. The summed E-state index contributed by atoms with van der Waals surface area (Å²) in [5.41, 5.74) is 1.15. The van der Waals surface area contributed by atoms with E-state index in [4.69, 9.17) is 9.47 Å². The molecule has 1 aliphatic carbocycles. The zero-order valence-electron chi connectivity index (χ0n) is 14.9. The van der Waals surface area contributed by atoms with Gasteiger partial charge in [-0.25, -0.2) is 9.78 Å². The fourth-order valence-corrected chi connectivity index (χ4v) is 4.37. The van der Waals surface area contributed by atoms with E-state index in [1.165, 1.54) is 17.7 Å². The number of amides is 2. The number of benzene rings is 1. The Hall–Kier alpha value is -2.28. The number of hydrogen-bond donors (Lipinski definition) is 1. The van der Waals surface area contributed by atoms with E-state index in [1.54, 1.807) is 16.2 Å². The summed E-state index contributed by atoms with van der Waals surface area (Å²) in [7, 11) is 0. The van der Waals surface area contributed by atoms with Gasteiger partial charge < -0.3 is 14.4 Å². The number of carbonyl (C=O) groups excluding carboxylic acids is 1. The predicted molar refractivity (Wildman–Crippen MR) is 101 cm³/mol. The number of para-hydroxylation sites is 2. The topological polar surface area (TPSA) is 63.7 Å². The zero-order valence-corrected chi connectivity index (χ0v) is 15.7. The lowest BCUT2D eigenvalue weighted by molar-refractivity contribution is 0.0693. The van der Waals surface area contributed by atoms with Crippen LogP contribution in [0.2, 0.25) is 0 Å². The number of nitrogens with zero attached hydrogens (tertiary/aromatic N) is 2. The molecule has 7 heteroatoms. The molecule has 0 radical (unpaired) electrons. The minimum atomic E-state index is -0.180. The predicted octanol–water partition coefficient (Wildman–Crippen LogP) is 3.72. The number of thiazole rings is 1. The molecule has 1 N–H and O–H groups in total. The lowest BCUT2D eigenvalue weighted by Gasteiger charge is -2.30. The van der Waals surface area contributed by atoms with Crippen LogP contribution in [-0.4, -0.2) is 41.7 Å². The van der Waals surface area contributed by atoms with Gasteiger partial charge in [0.25, 0.3) is 0 Å². The van der Waals surface area contributed by atoms with Crippen molar-refractivity contribution in [3.05, 3.63) is 34.8 Å². The number of anilines is 1. The van der Waals surface area contributed by atoms with Gasteiger partial charge in [-0.3, -0.25) is 5.32 Å². The molecule has 2 heterocycles. The molecule has 1 aromatic carbocycles. The summed E-state index contributed by atoms with van der Waals surface area (Å²) in [5.74, 6) is 1.48. The van der Waals surface area contributed by atoms with E-state index in [9.17, 15) is 4.79 Å². The molecule has 138 valence electrons. The van der Waals surface area contributed by atoms with Gasteiger partial charge in [0, 0.05) is 11.4 Å². The molecule has 26 heavy (non-hydrogen) atoms. The van der Waals surface area contributed by atoms with Gasteiger partial charge in [-0.1, -0.05) is 12.1 Å². The van der Waals surface area contributed by atoms with Gasteiger partial charge in [0.15, 0.2) is 22.7 Å². The van der Waals surface area contributed by atoms with E-state index in [0.29, 0.717) is 24.8 Å². The SMILES string of the molecule is CCN(CC1COc2ccccc2O1)C(=O)Nc1nc2c(s1)CCCC2. The molecule has 0 spiro atoms. The highest BCUT2D eigenvalue weighted by molar-refractivity contribution is 7.15. The summed E-state index contributed by atoms with van der Waals surface area (Å²) >= 11 is 1.60. The monoisotopic (exact) mass is 373 g/mol. The second-order valence-electron chi connectivity index (χ2n) is 6.56. The third kappa shape index (κ3) is 3.62. The minimum Gasteiger partial charge on any atom is -0.486 e. The van der Waals surface area contributed by atoms with Crippen molar-refractivity contribution in [2.24, 2.45) is 0 Å². The molecule has 1 atom stereocenters. The first-order valence-corrected chi connectivity index (χ1v) is 9.97. The fourth-order valence-electron chi connectivity index (χ4n) is 3.33. The average Bonchev–Trinajstić information content (AvgIpc) is 3.08. The molecule has 0 fully saturated rings. The normalized spacial score (nSPS) is 18.1. The van der Waals surface area contributed by atoms with Crippen LogP contribution in [0.25, 0.3) is 0 Å². The molecule has 0 saturated carbocycles. The Morgan fingerprint density at radius 2 is 2.12 bits per heavy atom. The molecule has 1 unspecified atom stereocenters. The number of fused-ring (bicyclic) bond motifs is 2. The van der Waals surface area contributed by atoms with Crippen molar-refractivity contribution >= 4 is 22.5 Å². The van der Waals surface area contributed by atoms with E-state index >= 15 is 0 Å². The molecule has 1 aliphatic heterocycles. The van der Waals surface area contributed by atoms with Gasteiger partial charge in [-0.05, 0) is 44.7 Å². The maximum atomic E-state index is 12.7. The van der Waals surface area contributed by atoms with E-state index < -0.39 is 0 Å². The van der Waals surface area contributed by atoms with Gasteiger partial charge >= 0.3 is 6.03 Å². The summed E-state index contributed by atoms with van der Waals surface area (Å²) in [4.78, 5) is 20.3. The van der Waals surface area contributed by atoms with Crippen molar-refractivity contribution in [3.8, 4) is 11.5 Å². The molecule has 6 nitrogen and oxygen atoms in total. The third-order valence-electron chi connectivity index (χ3n) is 4.72. The van der Waals surface area contributed by atoms with Crippen molar-refractivity contribution in [1.82, 2.24) is 9.88 Å². The summed E-state index contributed by atoms with van der Waals surface area (Å²) in [6, 6.07) is 7.47. The minimum absolute atomic E-state index is 0.138. The molecule has 0 saturated heterocycles. The van der Waals surface area contributed by atoms with Crippen LogP contribution >= 0.6 is 11.3 Å². The van der Waals surface area contributed by atoms with Crippen molar-refractivity contribution in [2.45, 2.75) is 38.7 Å². The highest BCUT2D eigenvalue weighted by Gasteiger charge is 2.25. The van der Waals surface area contributed by atoms with Crippen molar-refractivity contribution in [2.75, 3.05) is 25.0 Å². The number of likely N-dealkylation sites (N-methyl/N-ethyl adjacent to an activating group) is 1. The van der Waals surface area contributed by atoms with Crippen LogP contribution in [-0.2, 0) is 12.8 Å². The van der Waals surface area contributed by atoms with Crippen molar-refractivity contribution < 1.29 is 14.3 Å². The van der Waals surface area contributed by atoms with Crippen LogP contribution in [0.3, 0.4) is 0 Å². The van der Waals surface area contributed by atoms with E-state index in [0.717, 1.165) is 30.0 Å². The molecule has 4 rings (SSSR count). The summed E-state index contributed by atoms with van der Waals surface area (Å²) in [5, 5.41) is 3.66. The summed E-state index contributed by atoms with van der Waals surface area (Å²) in [6.45, 7) is 3.47. The Bertz CT molecular complexity index is 769. The van der Waals surface area contributed by atoms with E-state index in [-0.39, 0.29) is 12.1 Å². The second kappa shape index (κ2) is 7.53. The second-order valence-corrected chi connectivity index (χ2v) is 7.65. The summed E-state index contributed by atoms with van der Waals surface area (Å²) < 4.78 is 11.7. The number of aromatic nitrogens is 1. The van der Waals surface area contributed by atoms with Gasteiger partial charge in [-0.2, -0.15) is 0 Å². The Morgan fingerprint density at radius 3 is 2.92 bits per heavy atom. The summed E-state index contributed by atoms with van der Waals surface area (Å²) in [6.07, 6.45) is 4.31. The van der Waals surface area contributed by atoms with Crippen LogP contribution in [0.15, 0.2) is 24.3 Å². The molecule has 2 aromatic rings. The molecule has 2 aliphatic rings. The highest BCUT2D eigenvalue weighted by atomic mass is 32.1. The number of rotatable bonds is 4. The first-order chi connectivity index (χ1) is 12.7. The number of aryl methyl sites for hydroxylation is 2. The average molecular weight is 373 g/mol. The Balaban J connectivity index is 1.38. The smallest absolute Gasteiger partial charge is 0.323 e. The zero-order chi connectivity index (χ0) is 17.9. The van der Waals surface area contributed by atoms with E-state index in [2.05, 4.69) is 10.3 Å². The highest BCUT2D eigenvalue weighted by Crippen LogP contribution is 2.31. The number of nitrogens with one attached hydrogen (secondary N) is 1. The lowest BCUT2D eigenvalue weighted by Crippen LogP contribution is -2.45. The van der Waals surface area contributed by atoms with Crippen LogP contribution < -0.4 is 14.8 Å². The fraction of sp³-hybridized carbons (Fsp3) is 0.474. The largest absolute Gasteiger partial charge is 0.486 e. The first-order valence-electron chi connectivity index (χ1n) is 9.16. The maximum absolute atomic E-state index is 12.7. The first kappa shape index (κ1) is 17.1. The van der Waals surface area contributed by atoms with Crippen molar-refractivity contribution in [1.29, 1.82) is 0 Å². The number of carbonyl (C=O) groups is 1.